The summed E-state index contributed by atoms with van der Waals surface area (Å²) in [4.78, 5) is 16.7. The van der Waals surface area contributed by atoms with Gasteiger partial charge in [0.05, 0.1) is 0 Å². The summed E-state index contributed by atoms with van der Waals surface area (Å²) in [5, 5.41) is 0. The molecule has 0 atom stereocenters. The van der Waals surface area contributed by atoms with E-state index in [-0.39, 0.29) is 5.91 Å². The highest BCUT2D eigenvalue weighted by Gasteiger charge is 2.14. The van der Waals surface area contributed by atoms with Crippen LogP contribution in [0.2, 0.25) is 0 Å². The molecule has 3 N–H and O–H groups in total. The van der Waals surface area contributed by atoms with E-state index >= 15 is 0 Å². The lowest BCUT2D eigenvalue weighted by atomic mass is 10.1. The van der Waals surface area contributed by atoms with E-state index in [2.05, 4.69) is 4.98 Å². The Hall–Kier alpha value is -2.23. The van der Waals surface area contributed by atoms with Crippen molar-refractivity contribution >= 4 is 11.6 Å². The van der Waals surface area contributed by atoms with Crippen LogP contribution in [0.4, 0.5) is 5.69 Å². The highest BCUT2D eigenvalue weighted by atomic mass is 16.2. The smallest absolute Gasteiger partial charge is 0.270 e. The molecule has 2 aromatic rings. The molecule has 0 aliphatic heterocycles. The van der Waals surface area contributed by atoms with Crippen molar-refractivity contribution in [2.24, 2.45) is 0 Å². The van der Waals surface area contributed by atoms with E-state index in [0.717, 1.165) is 5.56 Å². The van der Waals surface area contributed by atoms with Crippen molar-refractivity contribution in [2.45, 2.75) is 13.5 Å². The molecule has 4 heteroatoms. The maximum atomic E-state index is 12.1. The molecule has 4 nitrogen and oxygen atoms in total. The van der Waals surface area contributed by atoms with Crippen LogP contribution in [-0.4, -0.2) is 22.8 Å². The number of nitrogen functional groups attached to an aromatic ring is 1. The van der Waals surface area contributed by atoms with E-state index in [0.29, 0.717) is 17.9 Å². The van der Waals surface area contributed by atoms with Gasteiger partial charge in [0.25, 0.3) is 5.91 Å². The number of carbonyl (C=O) groups is 1. The molecule has 1 heterocycles. The summed E-state index contributed by atoms with van der Waals surface area (Å²) < 4.78 is 0. The maximum Gasteiger partial charge on any atom is 0.270 e. The Bertz CT molecular complexity index is 560. The maximum absolute atomic E-state index is 12.1. The Labute approximate surface area is 106 Å². The molecule has 94 valence electrons. The van der Waals surface area contributed by atoms with Crippen LogP contribution >= 0.6 is 0 Å². The summed E-state index contributed by atoms with van der Waals surface area (Å²) in [7, 11) is 1.78. The first-order chi connectivity index (χ1) is 8.58. The summed E-state index contributed by atoms with van der Waals surface area (Å²) in [6, 6.07) is 9.69. The predicted molar refractivity (Wildman–Crippen MR) is 72.2 cm³/mol. The van der Waals surface area contributed by atoms with Crippen LogP contribution in [0, 0.1) is 6.92 Å². The number of amides is 1. The number of rotatable bonds is 3. The molecular weight excluding hydrogens is 226 g/mol. The molecule has 2 rings (SSSR count). The van der Waals surface area contributed by atoms with Gasteiger partial charge in [-0.05, 0) is 24.1 Å². The molecule has 0 saturated carbocycles. The minimum absolute atomic E-state index is 0.0602. The molecule has 0 fully saturated rings. The Balaban J connectivity index is 2.11. The summed E-state index contributed by atoms with van der Waals surface area (Å²) in [5.74, 6) is -0.0602. The Morgan fingerprint density at radius 2 is 2.11 bits per heavy atom. The van der Waals surface area contributed by atoms with Crippen LogP contribution in [0.25, 0.3) is 0 Å². The summed E-state index contributed by atoms with van der Waals surface area (Å²) in [6.45, 7) is 2.63. The number of H-pyrrole nitrogens is 1. The highest BCUT2D eigenvalue weighted by molar-refractivity contribution is 5.93. The number of nitrogens with one attached hydrogen (secondary N) is 1. The van der Waals surface area contributed by atoms with Gasteiger partial charge in [0.1, 0.15) is 5.69 Å². The minimum Gasteiger partial charge on any atom is -0.397 e. The van der Waals surface area contributed by atoms with Gasteiger partial charge in [0, 0.05) is 25.5 Å². The van der Waals surface area contributed by atoms with E-state index in [1.54, 1.807) is 24.2 Å². The van der Waals surface area contributed by atoms with Gasteiger partial charge >= 0.3 is 0 Å². The third-order valence-electron chi connectivity index (χ3n) is 2.95. The lowest BCUT2D eigenvalue weighted by molar-refractivity contribution is 0.0780. The monoisotopic (exact) mass is 243 g/mol. The van der Waals surface area contributed by atoms with Gasteiger partial charge < -0.3 is 15.6 Å². The van der Waals surface area contributed by atoms with Crippen LogP contribution in [0.5, 0.6) is 0 Å². The number of benzene rings is 1. The zero-order chi connectivity index (χ0) is 13.1. The third kappa shape index (κ3) is 2.53. The normalized spacial score (nSPS) is 10.3. The van der Waals surface area contributed by atoms with Gasteiger partial charge in [0.15, 0.2) is 0 Å². The molecule has 0 spiro atoms. The topological polar surface area (TPSA) is 62.1 Å². The number of anilines is 1. The Morgan fingerprint density at radius 3 is 2.72 bits per heavy atom. The SMILES string of the molecule is Cc1ccccc1CN(C)C(=O)c1cc(N)c[nH]1. The number of nitrogens with zero attached hydrogens (tertiary/aromatic N) is 1. The average Bonchev–Trinajstić information content (AvgIpc) is 2.78. The fraction of sp³-hybridized carbons (Fsp3) is 0.214. The van der Waals surface area contributed by atoms with Crippen LogP contribution in [0.15, 0.2) is 36.5 Å². The van der Waals surface area contributed by atoms with Crippen molar-refractivity contribution in [1.29, 1.82) is 0 Å². The fourth-order valence-corrected chi connectivity index (χ4v) is 1.85. The number of nitrogens with two attached hydrogens (primary N) is 1. The quantitative estimate of drug-likeness (QED) is 0.868. The van der Waals surface area contributed by atoms with E-state index in [1.807, 2.05) is 31.2 Å². The molecule has 1 aromatic carbocycles. The second-order valence-corrected chi connectivity index (χ2v) is 4.43. The van der Waals surface area contributed by atoms with E-state index < -0.39 is 0 Å². The second kappa shape index (κ2) is 4.96. The standard InChI is InChI=1S/C14H17N3O/c1-10-5-3-4-6-11(10)9-17(2)14(18)13-7-12(15)8-16-13/h3-8,16H,9,15H2,1-2H3. The van der Waals surface area contributed by atoms with E-state index in [1.165, 1.54) is 5.56 Å². The highest BCUT2D eigenvalue weighted by Crippen LogP contribution is 2.12. The van der Waals surface area contributed by atoms with Crippen molar-refractivity contribution in [3.63, 3.8) is 0 Å². The largest absolute Gasteiger partial charge is 0.397 e. The number of carbonyl (C=O) groups excluding carboxylic acids is 1. The third-order valence-corrected chi connectivity index (χ3v) is 2.95. The van der Waals surface area contributed by atoms with Gasteiger partial charge in [-0.15, -0.1) is 0 Å². The van der Waals surface area contributed by atoms with Crippen LogP contribution in [-0.2, 0) is 6.54 Å². The fourth-order valence-electron chi connectivity index (χ4n) is 1.85. The van der Waals surface area contributed by atoms with Gasteiger partial charge in [-0.3, -0.25) is 4.79 Å². The van der Waals surface area contributed by atoms with Gasteiger partial charge in [-0.1, -0.05) is 24.3 Å². The van der Waals surface area contributed by atoms with Crippen LogP contribution in [0.1, 0.15) is 21.6 Å². The molecule has 1 amide bonds. The molecule has 0 aliphatic rings. The van der Waals surface area contributed by atoms with Crippen molar-refractivity contribution in [2.75, 3.05) is 12.8 Å². The first-order valence-corrected chi connectivity index (χ1v) is 5.82. The molecule has 0 unspecified atom stereocenters. The molecular formula is C14H17N3O. The summed E-state index contributed by atoms with van der Waals surface area (Å²) in [6.07, 6.45) is 1.62. The van der Waals surface area contributed by atoms with Crippen LogP contribution in [0.3, 0.4) is 0 Å². The lowest BCUT2D eigenvalue weighted by Crippen LogP contribution is -2.26. The molecule has 0 aliphatic carbocycles. The van der Waals surface area contributed by atoms with E-state index in [4.69, 9.17) is 5.73 Å². The number of aryl methyl sites for hydroxylation is 1. The summed E-state index contributed by atoms with van der Waals surface area (Å²) >= 11 is 0. The van der Waals surface area contributed by atoms with Crippen molar-refractivity contribution in [3.05, 3.63) is 53.3 Å². The average molecular weight is 243 g/mol. The Kier molecular flexibility index (Phi) is 3.37. The molecule has 1 aromatic heterocycles. The number of hydrogen-bond donors (Lipinski definition) is 2. The molecule has 0 saturated heterocycles. The predicted octanol–water partition coefficient (Wildman–Crippen LogP) is 2.18. The first-order valence-electron chi connectivity index (χ1n) is 5.82. The molecule has 0 radical (unpaired) electrons. The van der Waals surface area contributed by atoms with Crippen LogP contribution < -0.4 is 5.73 Å². The summed E-state index contributed by atoms with van der Waals surface area (Å²) in [5.41, 5.74) is 9.01. The van der Waals surface area contributed by atoms with Gasteiger partial charge in [0.2, 0.25) is 0 Å². The number of aromatic amines is 1. The number of aromatic nitrogens is 1. The zero-order valence-corrected chi connectivity index (χ0v) is 10.6. The Morgan fingerprint density at radius 1 is 1.39 bits per heavy atom. The molecule has 18 heavy (non-hydrogen) atoms. The minimum atomic E-state index is -0.0602. The van der Waals surface area contributed by atoms with Gasteiger partial charge in [-0.25, -0.2) is 0 Å². The van der Waals surface area contributed by atoms with Crippen molar-refractivity contribution < 1.29 is 4.79 Å². The van der Waals surface area contributed by atoms with Gasteiger partial charge in [-0.2, -0.15) is 0 Å². The second-order valence-electron chi connectivity index (χ2n) is 4.43. The molecule has 0 bridgehead atoms. The lowest BCUT2D eigenvalue weighted by Gasteiger charge is -2.17. The number of hydrogen-bond acceptors (Lipinski definition) is 2. The van der Waals surface area contributed by atoms with Crippen molar-refractivity contribution in [3.8, 4) is 0 Å². The van der Waals surface area contributed by atoms with Crippen molar-refractivity contribution in [1.82, 2.24) is 9.88 Å². The van der Waals surface area contributed by atoms with E-state index in [9.17, 15) is 4.79 Å². The first kappa shape index (κ1) is 12.2. The zero-order valence-electron chi connectivity index (χ0n) is 10.6.